The van der Waals surface area contributed by atoms with Crippen molar-refractivity contribution >= 4 is 0 Å². The summed E-state index contributed by atoms with van der Waals surface area (Å²) in [4.78, 5) is 0. The summed E-state index contributed by atoms with van der Waals surface area (Å²) in [5.74, 6) is 0.812. The smallest absolute Gasteiger partial charge is 0.0304 e. The van der Waals surface area contributed by atoms with Gasteiger partial charge in [-0.1, -0.05) is 6.08 Å². The van der Waals surface area contributed by atoms with E-state index in [0.29, 0.717) is 0 Å². The maximum absolute atomic E-state index is 5.74. The highest BCUT2D eigenvalue weighted by atomic mass is 15.0. The Morgan fingerprint density at radius 2 is 2.33 bits per heavy atom. The minimum atomic E-state index is 0.184. The summed E-state index contributed by atoms with van der Waals surface area (Å²) in [7, 11) is 0. The fraction of sp³-hybridized carbons (Fsp3) is 0.800. The molecular formula is C10H20N2. The molecule has 1 fully saturated rings. The average molecular weight is 168 g/mol. The molecule has 0 heterocycles. The third-order valence-corrected chi connectivity index (χ3v) is 2.78. The topological polar surface area (TPSA) is 38.0 Å². The summed E-state index contributed by atoms with van der Waals surface area (Å²) in [6.45, 7) is 7.68. The molecule has 70 valence electrons. The molecule has 12 heavy (non-hydrogen) atoms. The Bertz CT molecular complexity index is 152. The summed E-state index contributed by atoms with van der Waals surface area (Å²) in [6.07, 6.45) is 5.66. The van der Waals surface area contributed by atoms with Crippen molar-refractivity contribution in [1.82, 2.24) is 5.32 Å². The van der Waals surface area contributed by atoms with Gasteiger partial charge in [-0.3, -0.25) is 0 Å². The zero-order valence-electron chi connectivity index (χ0n) is 7.97. The molecule has 0 aromatic rings. The van der Waals surface area contributed by atoms with E-state index in [4.69, 9.17) is 5.73 Å². The highest BCUT2D eigenvalue weighted by molar-refractivity contribution is 4.98. The van der Waals surface area contributed by atoms with Crippen molar-refractivity contribution in [2.24, 2.45) is 11.7 Å². The molecular weight excluding hydrogens is 148 g/mol. The molecule has 0 amide bonds. The van der Waals surface area contributed by atoms with Gasteiger partial charge in [0.25, 0.3) is 0 Å². The van der Waals surface area contributed by atoms with Crippen LogP contribution in [0.2, 0.25) is 0 Å². The largest absolute Gasteiger partial charge is 0.329 e. The van der Waals surface area contributed by atoms with E-state index in [0.717, 1.165) is 25.4 Å². The number of nitrogens with two attached hydrogens (primary N) is 1. The first-order valence-corrected chi connectivity index (χ1v) is 4.79. The van der Waals surface area contributed by atoms with E-state index in [1.165, 1.54) is 12.8 Å². The van der Waals surface area contributed by atoms with Crippen LogP contribution in [0.4, 0.5) is 0 Å². The lowest BCUT2D eigenvalue weighted by Crippen LogP contribution is -2.50. The number of hydrogen-bond donors (Lipinski definition) is 2. The highest BCUT2D eigenvalue weighted by Gasteiger charge is 2.39. The summed E-state index contributed by atoms with van der Waals surface area (Å²) < 4.78 is 0. The van der Waals surface area contributed by atoms with Crippen LogP contribution < -0.4 is 11.1 Å². The Labute approximate surface area is 75.2 Å². The van der Waals surface area contributed by atoms with Gasteiger partial charge >= 0.3 is 0 Å². The molecule has 0 aromatic heterocycles. The molecule has 1 aliphatic rings. The maximum Gasteiger partial charge on any atom is 0.0304 e. The van der Waals surface area contributed by atoms with Gasteiger partial charge in [0, 0.05) is 12.1 Å². The number of hydrogen-bond acceptors (Lipinski definition) is 2. The highest BCUT2D eigenvalue weighted by Crippen LogP contribution is 2.38. The van der Waals surface area contributed by atoms with Crippen LogP contribution in [-0.2, 0) is 0 Å². The monoisotopic (exact) mass is 168 g/mol. The minimum absolute atomic E-state index is 0.184. The lowest BCUT2D eigenvalue weighted by Gasteiger charge is -2.29. The molecule has 1 atom stereocenters. The second-order valence-electron chi connectivity index (χ2n) is 3.90. The molecule has 1 saturated carbocycles. The molecule has 2 heteroatoms. The fourth-order valence-electron chi connectivity index (χ4n) is 1.56. The van der Waals surface area contributed by atoms with E-state index in [9.17, 15) is 0 Å². The van der Waals surface area contributed by atoms with Crippen molar-refractivity contribution < 1.29 is 0 Å². The molecule has 0 aromatic carbocycles. The standard InChI is InChI=1S/C10H20N2/c1-3-4-7-12-10(2,8-11)9-5-6-9/h3,9,12H,1,4-8,11H2,2H3. The predicted molar refractivity (Wildman–Crippen MR) is 53.0 cm³/mol. The Morgan fingerprint density at radius 3 is 2.75 bits per heavy atom. The molecule has 3 N–H and O–H groups in total. The molecule has 2 nitrogen and oxygen atoms in total. The molecule has 0 bridgehead atoms. The van der Waals surface area contributed by atoms with Crippen LogP contribution in [0, 0.1) is 5.92 Å². The number of nitrogens with one attached hydrogen (secondary N) is 1. The van der Waals surface area contributed by atoms with Gasteiger partial charge in [-0.25, -0.2) is 0 Å². The second kappa shape index (κ2) is 4.06. The van der Waals surface area contributed by atoms with Crippen molar-refractivity contribution in [3.8, 4) is 0 Å². The first-order valence-electron chi connectivity index (χ1n) is 4.79. The molecule has 1 aliphatic carbocycles. The van der Waals surface area contributed by atoms with Gasteiger partial charge in [-0.05, 0) is 38.6 Å². The van der Waals surface area contributed by atoms with E-state index in [2.05, 4.69) is 18.8 Å². The van der Waals surface area contributed by atoms with E-state index in [1.807, 2.05) is 6.08 Å². The summed E-state index contributed by atoms with van der Waals surface area (Å²) in [5.41, 5.74) is 5.93. The zero-order valence-corrected chi connectivity index (χ0v) is 7.97. The van der Waals surface area contributed by atoms with E-state index in [1.54, 1.807) is 0 Å². The van der Waals surface area contributed by atoms with E-state index in [-0.39, 0.29) is 5.54 Å². The molecule has 0 aliphatic heterocycles. The quantitative estimate of drug-likeness (QED) is 0.463. The van der Waals surface area contributed by atoms with Gasteiger partial charge in [-0.15, -0.1) is 6.58 Å². The van der Waals surface area contributed by atoms with E-state index < -0.39 is 0 Å². The van der Waals surface area contributed by atoms with Crippen LogP contribution in [0.5, 0.6) is 0 Å². The van der Waals surface area contributed by atoms with Crippen LogP contribution in [0.3, 0.4) is 0 Å². The summed E-state index contributed by atoms with van der Waals surface area (Å²) >= 11 is 0. The Balaban J connectivity index is 2.27. The number of rotatable bonds is 6. The Kier molecular flexibility index (Phi) is 3.29. The van der Waals surface area contributed by atoms with Crippen molar-refractivity contribution in [2.45, 2.75) is 31.7 Å². The van der Waals surface area contributed by atoms with Crippen molar-refractivity contribution in [1.29, 1.82) is 0 Å². The van der Waals surface area contributed by atoms with Crippen molar-refractivity contribution in [3.05, 3.63) is 12.7 Å². The maximum atomic E-state index is 5.74. The van der Waals surface area contributed by atoms with Crippen molar-refractivity contribution in [3.63, 3.8) is 0 Å². The summed E-state index contributed by atoms with van der Waals surface area (Å²) in [6, 6.07) is 0. The normalized spacial score (nSPS) is 21.8. The fourth-order valence-corrected chi connectivity index (χ4v) is 1.56. The Morgan fingerprint density at radius 1 is 1.67 bits per heavy atom. The van der Waals surface area contributed by atoms with Crippen LogP contribution in [0.1, 0.15) is 26.2 Å². The van der Waals surface area contributed by atoms with Gasteiger partial charge in [0.05, 0.1) is 0 Å². The third kappa shape index (κ3) is 2.32. The van der Waals surface area contributed by atoms with Gasteiger partial charge in [0.2, 0.25) is 0 Å². The van der Waals surface area contributed by atoms with Crippen LogP contribution >= 0.6 is 0 Å². The molecule has 0 saturated heterocycles. The third-order valence-electron chi connectivity index (χ3n) is 2.78. The average Bonchev–Trinajstić information content (AvgIpc) is 2.87. The van der Waals surface area contributed by atoms with Crippen LogP contribution in [-0.4, -0.2) is 18.6 Å². The van der Waals surface area contributed by atoms with E-state index >= 15 is 0 Å². The molecule has 1 unspecified atom stereocenters. The van der Waals surface area contributed by atoms with Crippen molar-refractivity contribution in [2.75, 3.05) is 13.1 Å². The first kappa shape index (κ1) is 9.75. The van der Waals surface area contributed by atoms with Gasteiger partial charge in [-0.2, -0.15) is 0 Å². The van der Waals surface area contributed by atoms with Gasteiger partial charge < -0.3 is 11.1 Å². The lowest BCUT2D eigenvalue weighted by atomic mass is 9.96. The predicted octanol–water partition coefficient (Wildman–Crippen LogP) is 1.28. The van der Waals surface area contributed by atoms with Gasteiger partial charge in [0.1, 0.15) is 0 Å². The Hall–Kier alpha value is -0.340. The minimum Gasteiger partial charge on any atom is -0.329 e. The van der Waals surface area contributed by atoms with Gasteiger partial charge in [0.15, 0.2) is 0 Å². The first-order chi connectivity index (χ1) is 5.73. The van der Waals surface area contributed by atoms with Crippen LogP contribution in [0.25, 0.3) is 0 Å². The second-order valence-corrected chi connectivity index (χ2v) is 3.90. The zero-order chi connectivity index (χ0) is 9.03. The summed E-state index contributed by atoms with van der Waals surface area (Å²) in [5, 5.41) is 3.51. The molecule has 1 rings (SSSR count). The molecule has 0 spiro atoms. The molecule has 0 radical (unpaired) electrons. The van der Waals surface area contributed by atoms with Crippen LogP contribution in [0.15, 0.2) is 12.7 Å². The lowest BCUT2D eigenvalue weighted by molar-refractivity contribution is 0.322. The SMILES string of the molecule is C=CCCNC(C)(CN)C1CC1.